The molecule has 1 aromatic carbocycles. The number of nitrogens with zero attached hydrogens (tertiary/aromatic N) is 1. The Morgan fingerprint density at radius 2 is 1.86 bits per heavy atom. The van der Waals surface area contributed by atoms with Gasteiger partial charge < -0.3 is 5.73 Å². The van der Waals surface area contributed by atoms with Crippen molar-refractivity contribution in [1.82, 2.24) is 4.31 Å². The van der Waals surface area contributed by atoms with Gasteiger partial charge in [-0.1, -0.05) is 18.2 Å². The number of benzene rings is 1. The summed E-state index contributed by atoms with van der Waals surface area (Å²) in [5, 5.41) is 0. The number of sulfonamides is 1. The van der Waals surface area contributed by atoms with E-state index >= 15 is 0 Å². The average Bonchev–Trinajstić information content (AvgIpc) is 3.18. The summed E-state index contributed by atoms with van der Waals surface area (Å²) in [5.41, 5.74) is 3.69. The maximum Gasteiger partial charge on any atom is 0.416 e. The summed E-state index contributed by atoms with van der Waals surface area (Å²) in [6.45, 7) is -0.513. The van der Waals surface area contributed by atoms with Crippen LogP contribution in [0, 0.1) is 0 Å². The molecule has 22 heavy (non-hydrogen) atoms. The van der Waals surface area contributed by atoms with E-state index in [9.17, 15) is 26.4 Å². The summed E-state index contributed by atoms with van der Waals surface area (Å²) >= 11 is 0. The van der Waals surface area contributed by atoms with Crippen molar-refractivity contribution >= 4 is 15.9 Å². The highest BCUT2D eigenvalue weighted by molar-refractivity contribution is 7.88. The fourth-order valence-electron chi connectivity index (χ4n) is 2.17. The van der Waals surface area contributed by atoms with Crippen molar-refractivity contribution in [2.45, 2.75) is 30.8 Å². The summed E-state index contributed by atoms with van der Waals surface area (Å²) in [4.78, 5) is 11.0. The van der Waals surface area contributed by atoms with E-state index in [0.717, 1.165) is 16.4 Å². The number of amides is 1. The van der Waals surface area contributed by atoms with E-state index in [1.54, 1.807) is 0 Å². The van der Waals surface area contributed by atoms with Crippen LogP contribution < -0.4 is 5.73 Å². The molecular weight excluding hydrogens is 321 g/mol. The van der Waals surface area contributed by atoms with Gasteiger partial charge in [0.25, 0.3) is 0 Å². The molecule has 1 saturated carbocycles. The maximum absolute atomic E-state index is 12.9. The lowest BCUT2D eigenvalue weighted by Crippen LogP contribution is -2.40. The molecule has 0 heterocycles. The van der Waals surface area contributed by atoms with Crippen molar-refractivity contribution in [2.24, 2.45) is 5.73 Å². The van der Waals surface area contributed by atoms with Crippen LogP contribution in [-0.2, 0) is 26.7 Å². The third kappa shape index (κ3) is 3.98. The molecule has 9 heteroatoms. The minimum absolute atomic E-state index is 0.342. The largest absolute Gasteiger partial charge is 0.416 e. The van der Waals surface area contributed by atoms with Gasteiger partial charge in [-0.2, -0.15) is 17.5 Å². The van der Waals surface area contributed by atoms with E-state index < -0.39 is 40.0 Å². The summed E-state index contributed by atoms with van der Waals surface area (Å²) in [5.74, 6) is -1.65. The molecule has 1 fully saturated rings. The number of carbonyl (C=O) groups is 1. The molecule has 0 aliphatic heterocycles. The number of hydrogen-bond donors (Lipinski definition) is 1. The van der Waals surface area contributed by atoms with E-state index in [-0.39, 0.29) is 11.6 Å². The minimum atomic E-state index is -4.64. The lowest BCUT2D eigenvalue weighted by atomic mass is 10.1. The Kier molecular flexibility index (Phi) is 4.48. The zero-order chi connectivity index (χ0) is 16.5. The Hall–Kier alpha value is -1.61. The molecule has 5 nitrogen and oxygen atoms in total. The molecule has 1 aromatic rings. The Balaban J connectivity index is 2.30. The molecule has 0 aromatic heterocycles. The maximum atomic E-state index is 12.9. The molecule has 1 amide bonds. The summed E-state index contributed by atoms with van der Waals surface area (Å²) in [6.07, 6.45) is -3.49. The van der Waals surface area contributed by atoms with Gasteiger partial charge >= 0.3 is 6.18 Å². The fraction of sp³-hybridized carbons (Fsp3) is 0.462. The molecule has 0 radical (unpaired) electrons. The van der Waals surface area contributed by atoms with Crippen LogP contribution in [0.25, 0.3) is 0 Å². The van der Waals surface area contributed by atoms with Gasteiger partial charge in [-0.05, 0) is 24.5 Å². The molecule has 2 rings (SSSR count). The van der Waals surface area contributed by atoms with Crippen molar-refractivity contribution in [3.63, 3.8) is 0 Å². The number of nitrogens with two attached hydrogens (primary N) is 1. The molecule has 0 unspecified atom stereocenters. The number of carbonyl (C=O) groups excluding carboxylic acids is 1. The first kappa shape index (κ1) is 16.8. The number of halogens is 3. The van der Waals surface area contributed by atoms with Gasteiger partial charge in [-0.15, -0.1) is 0 Å². The first-order valence-electron chi connectivity index (χ1n) is 6.54. The van der Waals surface area contributed by atoms with Gasteiger partial charge in [0.15, 0.2) is 0 Å². The second-order valence-corrected chi connectivity index (χ2v) is 7.08. The third-order valence-electron chi connectivity index (χ3n) is 3.28. The van der Waals surface area contributed by atoms with Crippen molar-refractivity contribution in [3.8, 4) is 0 Å². The Labute approximate surface area is 125 Å². The molecule has 0 saturated heterocycles. The van der Waals surface area contributed by atoms with Crippen LogP contribution in [0.1, 0.15) is 24.0 Å². The first-order valence-corrected chi connectivity index (χ1v) is 8.15. The van der Waals surface area contributed by atoms with Crippen molar-refractivity contribution in [3.05, 3.63) is 35.4 Å². The standard InChI is InChI=1S/C13H15F3N2O3S/c14-13(15,16)11-4-2-1-3-9(11)8-22(20,21)18(7-12(17)19)10-5-6-10/h1-4,10H,5-8H2,(H2,17,19). The second-order valence-electron chi connectivity index (χ2n) is 5.15. The normalized spacial score (nSPS) is 16.0. The lowest BCUT2D eigenvalue weighted by molar-refractivity contribution is -0.138. The van der Waals surface area contributed by atoms with E-state index in [4.69, 9.17) is 5.73 Å². The van der Waals surface area contributed by atoms with Crippen LogP contribution >= 0.6 is 0 Å². The van der Waals surface area contributed by atoms with Crippen molar-refractivity contribution < 1.29 is 26.4 Å². The van der Waals surface area contributed by atoms with E-state index in [0.29, 0.717) is 12.8 Å². The molecule has 1 aliphatic rings. The van der Waals surface area contributed by atoms with Crippen LogP contribution in [0.2, 0.25) is 0 Å². The molecule has 122 valence electrons. The monoisotopic (exact) mass is 336 g/mol. The molecule has 0 bridgehead atoms. The van der Waals surface area contributed by atoms with Gasteiger partial charge in [0.05, 0.1) is 17.9 Å². The predicted octanol–water partition coefficient (Wildman–Crippen LogP) is 1.48. The lowest BCUT2D eigenvalue weighted by Gasteiger charge is -2.21. The van der Waals surface area contributed by atoms with Crippen LogP contribution in [-0.4, -0.2) is 31.2 Å². The van der Waals surface area contributed by atoms with E-state index in [1.165, 1.54) is 12.1 Å². The molecule has 1 aliphatic carbocycles. The molecule has 0 spiro atoms. The van der Waals surface area contributed by atoms with E-state index in [2.05, 4.69) is 0 Å². The number of primary amides is 1. The van der Waals surface area contributed by atoms with Crippen molar-refractivity contribution in [2.75, 3.05) is 6.54 Å². The molecule has 0 atom stereocenters. The van der Waals surface area contributed by atoms with E-state index in [1.807, 2.05) is 0 Å². The minimum Gasteiger partial charge on any atom is -0.369 e. The summed E-state index contributed by atoms with van der Waals surface area (Å²) < 4.78 is 64.4. The Bertz CT molecular complexity index is 669. The van der Waals surface area contributed by atoms with Gasteiger partial charge in [0.2, 0.25) is 15.9 Å². The smallest absolute Gasteiger partial charge is 0.369 e. The third-order valence-corrected chi connectivity index (χ3v) is 5.10. The van der Waals surface area contributed by atoms with Crippen LogP contribution in [0.3, 0.4) is 0 Å². The number of rotatable bonds is 6. The zero-order valence-corrected chi connectivity index (χ0v) is 12.3. The fourth-order valence-corrected chi connectivity index (χ4v) is 3.97. The highest BCUT2D eigenvalue weighted by Crippen LogP contribution is 2.34. The first-order chi connectivity index (χ1) is 10.1. The number of alkyl halides is 3. The highest BCUT2D eigenvalue weighted by Gasteiger charge is 2.40. The van der Waals surface area contributed by atoms with Gasteiger partial charge in [0, 0.05) is 6.04 Å². The quantitative estimate of drug-likeness (QED) is 0.854. The Morgan fingerprint density at radius 1 is 1.27 bits per heavy atom. The zero-order valence-electron chi connectivity index (χ0n) is 11.5. The van der Waals surface area contributed by atoms with Crippen LogP contribution in [0.4, 0.5) is 13.2 Å². The average molecular weight is 336 g/mol. The molecular formula is C13H15F3N2O3S. The summed E-state index contributed by atoms with van der Waals surface area (Å²) in [6, 6.07) is 4.14. The SMILES string of the molecule is NC(=O)CN(C1CC1)S(=O)(=O)Cc1ccccc1C(F)(F)F. The highest BCUT2D eigenvalue weighted by atomic mass is 32.2. The van der Waals surface area contributed by atoms with Crippen molar-refractivity contribution in [1.29, 1.82) is 0 Å². The topological polar surface area (TPSA) is 80.5 Å². The van der Waals surface area contributed by atoms with Gasteiger partial charge in [0.1, 0.15) is 0 Å². The van der Waals surface area contributed by atoms with Gasteiger partial charge in [-0.25, -0.2) is 8.42 Å². The Morgan fingerprint density at radius 3 is 2.36 bits per heavy atom. The van der Waals surface area contributed by atoms with Gasteiger partial charge in [-0.3, -0.25) is 4.79 Å². The number of hydrogen-bond acceptors (Lipinski definition) is 3. The second kappa shape index (κ2) is 5.88. The molecule has 2 N–H and O–H groups in total. The predicted molar refractivity (Wildman–Crippen MR) is 73.0 cm³/mol. The van der Waals surface area contributed by atoms with Crippen LogP contribution in [0.5, 0.6) is 0 Å². The summed E-state index contributed by atoms with van der Waals surface area (Å²) in [7, 11) is -4.06. The van der Waals surface area contributed by atoms with Crippen LogP contribution in [0.15, 0.2) is 24.3 Å².